The van der Waals surface area contributed by atoms with Gasteiger partial charge in [-0.05, 0) is 41.0 Å². The van der Waals surface area contributed by atoms with Gasteiger partial charge < -0.3 is 18.9 Å². The van der Waals surface area contributed by atoms with E-state index in [0.717, 1.165) is 6.42 Å². The Kier molecular flexibility index (Phi) is 8.92. The smallest absolute Gasteiger partial charge is 0.259 e. The summed E-state index contributed by atoms with van der Waals surface area (Å²) in [6, 6.07) is 2.56. The first-order chi connectivity index (χ1) is 10.8. The van der Waals surface area contributed by atoms with Gasteiger partial charge in [0.05, 0.1) is 31.3 Å². The Morgan fingerprint density at radius 3 is 2.39 bits per heavy atom. The third kappa shape index (κ3) is 5.63. The molecule has 5 atom stereocenters. The average Bonchev–Trinajstić information content (AvgIpc) is 2.74. The number of nitriles is 1. The highest BCUT2D eigenvalue weighted by molar-refractivity contribution is 7.44. The average molecular weight is 346 g/mol. The van der Waals surface area contributed by atoms with Gasteiger partial charge >= 0.3 is 0 Å². The van der Waals surface area contributed by atoms with Crippen molar-refractivity contribution in [3.05, 3.63) is 0 Å². The molecule has 0 saturated carbocycles. The van der Waals surface area contributed by atoms with E-state index in [0.29, 0.717) is 13.0 Å². The molecule has 6 nitrogen and oxygen atoms in total. The first kappa shape index (κ1) is 20.8. The van der Waals surface area contributed by atoms with Crippen LogP contribution in [0.15, 0.2) is 0 Å². The minimum Gasteiger partial charge on any atom is -0.388 e. The van der Waals surface area contributed by atoms with Gasteiger partial charge in [-0.1, -0.05) is 6.92 Å². The van der Waals surface area contributed by atoms with Gasteiger partial charge in [0.2, 0.25) is 0 Å². The van der Waals surface area contributed by atoms with Crippen molar-refractivity contribution in [1.82, 2.24) is 4.67 Å². The van der Waals surface area contributed by atoms with E-state index in [1.807, 2.05) is 13.8 Å². The standard InChI is InChI=1S/C16H31N2O4P/c1-7-14-16(15(19)13(6)21-14)22-23(20-10-8-9-17)18(11(2)3)12(4)5/h11-16,19H,7-8,10H2,1-6H3/t13?,14?,15-,16-,23?/m1/s1. The van der Waals surface area contributed by atoms with Gasteiger partial charge in [0, 0.05) is 12.1 Å². The highest BCUT2D eigenvalue weighted by atomic mass is 31.2. The van der Waals surface area contributed by atoms with E-state index >= 15 is 0 Å². The van der Waals surface area contributed by atoms with E-state index in [9.17, 15) is 5.11 Å². The molecule has 1 aliphatic heterocycles. The van der Waals surface area contributed by atoms with Gasteiger partial charge in [-0.25, -0.2) is 4.67 Å². The molecule has 1 N–H and O–H groups in total. The minimum atomic E-state index is -1.36. The molecule has 0 amide bonds. The maximum atomic E-state index is 10.4. The Labute approximate surface area is 141 Å². The molecule has 23 heavy (non-hydrogen) atoms. The summed E-state index contributed by atoms with van der Waals surface area (Å²) in [5.41, 5.74) is 0. The molecule has 1 heterocycles. The van der Waals surface area contributed by atoms with Crippen molar-refractivity contribution < 1.29 is 18.9 Å². The third-order valence-electron chi connectivity index (χ3n) is 3.85. The van der Waals surface area contributed by atoms with Gasteiger partial charge in [0.1, 0.15) is 12.2 Å². The zero-order valence-electron chi connectivity index (χ0n) is 15.1. The lowest BCUT2D eigenvalue weighted by molar-refractivity contribution is 0.0159. The normalized spacial score (nSPS) is 29.4. The number of rotatable bonds is 9. The highest BCUT2D eigenvalue weighted by Gasteiger charge is 2.44. The van der Waals surface area contributed by atoms with Gasteiger partial charge in [0.25, 0.3) is 8.53 Å². The summed E-state index contributed by atoms with van der Waals surface area (Å²) in [5, 5.41) is 19.1. The van der Waals surface area contributed by atoms with Gasteiger partial charge in [0.15, 0.2) is 0 Å². The molecule has 0 spiro atoms. The first-order valence-corrected chi connectivity index (χ1v) is 9.55. The van der Waals surface area contributed by atoms with Crippen molar-refractivity contribution in [2.24, 2.45) is 0 Å². The fraction of sp³-hybridized carbons (Fsp3) is 0.938. The molecular formula is C16H31N2O4P. The summed E-state index contributed by atoms with van der Waals surface area (Å²) in [4.78, 5) is 0. The second kappa shape index (κ2) is 9.88. The maximum Gasteiger partial charge on any atom is 0.259 e. The molecule has 3 unspecified atom stereocenters. The number of hydrogen-bond acceptors (Lipinski definition) is 6. The SMILES string of the molecule is CCC1OC(C)[C@@H](O)[C@@H]1OP(OCCC#N)N(C(C)C)C(C)C. The Morgan fingerprint density at radius 1 is 1.30 bits per heavy atom. The topological polar surface area (TPSA) is 75.0 Å². The van der Waals surface area contributed by atoms with Crippen molar-refractivity contribution in [3.8, 4) is 6.07 Å². The molecule has 0 radical (unpaired) electrons. The number of aliphatic hydroxyl groups excluding tert-OH is 1. The van der Waals surface area contributed by atoms with E-state index in [1.54, 1.807) is 0 Å². The fourth-order valence-corrected chi connectivity index (χ4v) is 4.55. The van der Waals surface area contributed by atoms with Crippen LogP contribution in [-0.4, -0.2) is 52.9 Å². The number of hydrogen-bond donors (Lipinski definition) is 1. The lowest BCUT2D eigenvalue weighted by atomic mass is 10.1. The van der Waals surface area contributed by atoms with Crippen LogP contribution in [0.4, 0.5) is 0 Å². The van der Waals surface area contributed by atoms with Gasteiger partial charge in [-0.3, -0.25) is 0 Å². The second-order valence-corrected chi connectivity index (χ2v) is 7.80. The Morgan fingerprint density at radius 2 is 1.91 bits per heavy atom. The molecule has 1 fully saturated rings. The fourth-order valence-electron chi connectivity index (χ4n) is 2.78. The molecule has 0 aliphatic carbocycles. The predicted molar refractivity (Wildman–Crippen MR) is 90.7 cm³/mol. The Balaban J connectivity index is 2.88. The summed E-state index contributed by atoms with van der Waals surface area (Å²) in [5.74, 6) is 0. The zero-order valence-corrected chi connectivity index (χ0v) is 16.0. The molecule has 1 aliphatic rings. The van der Waals surface area contributed by atoms with Crippen LogP contribution in [0.5, 0.6) is 0 Å². The van der Waals surface area contributed by atoms with Crippen molar-refractivity contribution in [2.75, 3.05) is 6.61 Å². The number of nitrogens with zero attached hydrogens (tertiary/aromatic N) is 2. The van der Waals surface area contributed by atoms with Crippen LogP contribution >= 0.6 is 8.53 Å². The molecule has 1 saturated heterocycles. The quantitative estimate of drug-likeness (QED) is 0.510. The Hall–Kier alpha value is -0.280. The predicted octanol–water partition coefficient (Wildman–Crippen LogP) is 3.21. The number of ether oxygens (including phenoxy) is 1. The molecule has 7 heteroatoms. The van der Waals surface area contributed by atoms with Gasteiger partial charge in [-0.15, -0.1) is 0 Å². The van der Waals surface area contributed by atoms with Crippen molar-refractivity contribution in [2.45, 2.75) is 90.9 Å². The van der Waals surface area contributed by atoms with Gasteiger partial charge in [-0.2, -0.15) is 5.26 Å². The molecule has 134 valence electrons. The molecule has 1 rings (SSSR count). The summed E-state index contributed by atoms with van der Waals surface area (Å²) < 4.78 is 20.0. The molecule has 0 aromatic heterocycles. The van der Waals surface area contributed by atoms with Crippen molar-refractivity contribution >= 4 is 8.53 Å². The van der Waals surface area contributed by atoms with E-state index in [1.165, 1.54) is 0 Å². The van der Waals surface area contributed by atoms with Crippen LogP contribution in [-0.2, 0) is 13.8 Å². The number of aliphatic hydroxyl groups is 1. The molecule has 0 bridgehead atoms. The Bertz CT molecular complexity index is 381. The van der Waals surface area contributed by atoms with E-state index < -0.39 is 20.7 Å². The maximum absolute atomic E-state index is 10.4. The van der Waals surface area contributed by atoms with E-state index in [4.69, 9.17) is 19.0 Å². The van der Waals surface area contributed by atoms with Crippen LogP contribution in [0, 0.1) is 11.3 Å². The zero-order chi connectivity index (χ0) is 17.6. The summed E-state index contributed by atoms with van der Waals surface area (Å²) in [6.07, 6.45) is -0.340. The van der Waals surface area contributed by atoms with Crippen molar-refractivity contribution in [3.63, 3.8) is 0 Å². The lowest BCUT2D eigenvalue weighted by Crippen LogP contribution is -2.39. The second-order valence-electron chi connectivity index (χ2n) is 6.40. The summed E-state index contributed by atoms with van der Waals surface area (Å²) >= 11 is 0. The third-order valence-corrected chi connectivity index (χ3v) is 5.98. The summed E-state index contributed by atoms with van der Waals surface area (Å²) in [6.45, 7) is 12.6. The molecule has 0 aromatic rings. The monoisotopic (exact) mass is 346 g/mol. The van der Waals surface area contributed by atoms with Crippen LogP contribution < -0.4 is 0 Å². The molecular weight excluding hydrogens is 315 g/mol. The first-order valence-electron chi connectivity index (χ1n) is 8.41. The van der Waals surface area contributed by atoms with Crippen LogP contribution in [0.2, 0.25) is 0 Å². The highest BCUT2D eigenvalue weighted by Crippen LogP contribution is 2.49. The van der Waals surface area contributed by atoms with Crippen LogP contribution in [0.3, 0.4) is 0 Å². The largest absolute Gasteiger partial charge is 0.388 e. The minimum absolute atomic E-state index is 0.134. The van der Waals surface area contributed by atoms with Crippen LogP contribution in [0.1, 0.15) is 54.4 Å². The van der Waals surface area contributed by atoms with E-state index in [-0.39, 0.29) is 24.3 Å². The van der Waals surface area contributed by atoms with Crippen LogP contribution in [0.25, 0.3) is 0 Å². The lowest BCUT2D eigenvalue weighted by Gasteiger charge is -2.37. The van der Waals surface area contributed by atoms with E-state index in [2.05, 4.69) is 38.4 Å². The van der Waals surface area contributed by atoms with Crippen molar-refractivity contribution in [1.29, 1.82) is 5.26 Å². The molecule has 0 aromatic carbocycles. The summed E-state index contributed by atoms with van der Waals surface area (Å²) in [7, 11) is -1.36.